The maximum Gasteiger partial charge on any atom is 0.495 e. The quantitative estimate of drug-likeness (QED) is 0.833. The molecule has 1 amide bonds. The molecular formula is C22H26BNO3. The second-order valence-corrected chi connectivity index (χ2v) is 8.54. The Hall–Kier alpha value is -2.11. The van der Waals surface area contributed by atoms with E-state index >= 15 is 0 Å². The zero-order valence-electron chi connectivity index (χ0n) is 16.6. The lowest BCUT2D eigenvalue weighted by Crippen LogP contribution is -2.41. The predicted octanol–water partition coefficient (Wildman–Crippen LogP) is 3.32. The van der Waals surface area contributed by atoms with Crippen molar-refractivity contribution < 1.29 is 14.1 Å². The zero-order valence-corrected chi connectivity index (χ0v) is 16.6. The molecule has 2 heterocycles. The Balaban J connectivity index is 1.67. The van der Waals surface area contributed by atoms with Gasteiger partial charge in [-0.05, 0) is 69.3 Å². The lowest BCUT2D eigenvalue weighted by molar-refractivity contribution is 0.00578. The minimum atomic E-state index is -0.401. The van der Waals surface area contributed by atoms with Gasteiger partial charge in [-0.15, -0.1) is 0 Å². The van der Waals surface area contributed by atoms with Crippen LogP contribution in [0.15, 0.2) is 42.5 Å². The Kier molecular flexibility index (Phi) is 4.20. The van der Waals surface area contributed by atoms with Crippen molar-refractivity contribution >= 4 is 18.5 Å². The molecule has 5 heteroatoms. The molecule has 0 aromatic heterocycles. The summed E-state index contributed by atoms with van der Waals surface area (Å²) in [5.74, 6) is -0.0118. The van der Waals surface area contributed by atoms with Crippen LogP contribution in [0.25, 0.3) is 0 Å². The first-order valence-electron chi connectivity index (χ1n) is 9.53. The molecule has 2 aliphatic rings. The molecule has 0 saturated carbocycles. The Morgan fingerprint density at radius 1 is 1.00 bits per heavy atom. The molecule has 1 atom stereocenters. The summed E-state index contributed by atoms with van der Waals surface area (Å²) in [6, 6.07) is 13.9. The van der Waals surface area contributed by atoms with Crippen LogP contribution in [0.2, 0.25) is 0 Å². The van der Waals surface area contributed by atoms with Gasteiger partial charge in [0.05, 0.1) is 17.2 Å². The molecule has 0 radical (unpaired) electrons. The van der Waals surface area contributed by atoms with Crippen LogP contribution in [0.4, 0.5) is 0 Å². The van der Waals surface area contributed by atoms with Gasteiger partial charge in [-0.3, -0.25) is 4.79 Å². The monoisotopic (exact) mass is 363 g/mol. The van der Waals surface area contributed by atoms with Gasteiger partial charge in [-0.2, -0.15) is 0 Å². The summed E-state index contributed by atoms with van der Waals surface area (Å²) < 4.78 is 12.5. The van der Waals surface area contributed by atoms with E-state index in [0.29, 0.717) is 0 Å². The third kappa shape index (κ3) is 2.99. The van der Waals surface area contributed by atoms with Crippen molar-refractivity contribution in [3.05, 3.63) is 64.7 Å². The van der Waals surface area contributed by atoms with Gasteiger partial charge in [-0.1, -0.05) is 36.4 Å². The molecule has 0 spiro atoms. The number of benzene rings is 2. The summed E-state index contributed by atoms with van der Waals surface area (Å²) in [6.07, 6.45) is 0.787. The first kappa shape index (κ1) is 18.3. The summed E-state index contributed by atoms with van der Waals surface area (Å²) in [4.78, 5) is 12.5. The average molecular weight is 363 g/mol. The van der Waals surface area contributed by atoms with Crippen molar-refractivity contribution in [2.75, 3.05) is 0 Å². The SMILES string of the molecule is Cc1c(B2OC(C)(C)C(C)(C)O2)cccc1C1Cc2ccccc2C(=O)N1. The molecule has 4 nitrogen and oxygen atoms in total. The van der Waals surface area contributed by atoms with E-state index in [1.54, 1.807) is 0 Å². The van der Waals surface area contributed by atoms with E-state index in [1.807, 2.05) is 30.3 Å². The normalized spacial score (nSPS) is 23.1. The van der Waals surface area contributed by atoms with Gasteiger partial charge in [0.1, 0.15) is 0 Å². The highest BCUT2D eigenvalue weighted by Gasteiger charge is 2.52. The van der Waals surface area contributed by atoms with Crippen LogP contribution in [0.5, 0.6) is 0 Å². The first-order valence-corrected chi connectivity index (χ1v) is 9.53. The predicted molar refractivity (Wildman–Crippen MR) is 107 cm³/mol. The lowest BCUT2D eigenvalue weighted by atomic mass is 9.74. The van der Waals surface area contributed by atoms with Crippen molar-refractivity contribution in [3.63, 3.8) is 0 Å². The second kappa shape index (κ2) is 6.21. The van der Waals surface area contributed by atoms with E-state index in [0.717, 1.165) is 34.1 Å². The molecule has 27 heavy (non-hydrogen) atoms. The Morgan fingerprint density at radius 3 is 2.37 bits per heavy atom. The van der Waals surface area contributed by atoms with Gasteiger partial charge in [0, 0.05) is 5.56 Å². The number of hydrogen-bond donors (Lipinski definition) is 1. The van der Waals surface area contributed by atoms with Gasteiger partial charge >= 0.3 is 7.12 Å². The van der Waals surface area contributed by atoms with Crippen LogP contribution in [-0.2, 0) is 15.7 Å². The largest absolute Gasteiger partial charge is 0.495 e. The fourth-order valence-electron chi connectivity index (χ4n) is 3.89. The molecule has 1 unspecified atom stereocenters. The summed E-state index contributed by atoms with van der Waals surface area (Å²) in [5, 5.41) is 3.16. The van der Waals surface area contributed by atoms with Crippen molar-refractivity contribution in [1.29, 1.82) is 0 Å². The molecule has 2 aliphatic heterocycles. The number of carbonyl (C=O) groups excluding carboxylic acids is 1. The van der Waals surface area contributed by atoms with Crippen LogP contribution in [0, 0.1) is 6.92 Å². The molecule has 1 saturated heterocycles. The van der Waals surface area contributed by atoms with Gasteiger partial charge < -0.3 is 14.6 Å². The molecule has 2 aromatic carbocycles. The fourth-order valence-corrected chi connectivity index (χ4v) is 3.89. The number of nitrogens with one attached hydrogen (secondary N) is 1. The topological polar surface area (TPSA) is 47.6 Å². The highest BCUT2D eigenvalue weighted by molar-refractivity contribution is 6.62. The molecule has 4 rings (SSSR count). The van der Waals surface area contributed by atoms with E-state index in [4.69, 9.17) is 9.31 Å². The lowest BCUT2D eigenvalue weighted by Gasteiger charge is -2.32. The number of rotatable bonds is 2. The van der Waals surface area contributed by atoms with Gasteiger partial charge in [-0.25, -0.2) is 0 Å². The number of carbonyl (C=O) groups is 1. The number of amides is 1. The highest BCUT2D eigenvalue weighted by Crippen LogP contribution is 2.37. The molecule has 0 aliphatic carbocycles. The highest BCUT2D eigenvalue weighted by atomic mass is 16.7. The van der Waals surface area contributed by atoms with E-state index in [1.165, 1.54) is 0 Å². The second-order valence-electron chi connectivity index (χ2n) is 8.54. The molecule has 1 fully saturated rings. The minimum absolute atomic E-state index is 0.0118. The Labute approximate surface area is 161 Å². The van der Waals surface area contributed by atoms with Crippen molar-refractivity contribution in [1.82, 2.24) is 5.32 Å². The summed E-state index contributed by atoms with van der Waals surface area (Å²) in [7, 11) is -0.401. The molecule has 0 bridgehead atoms. The van der Waals surface area contributed by atoms with Crippen LogP contribution in [0.3, 0.4) is 0 Å². The van der Waals surface area contributed by atoms with Crippen LogP contribution < -0.4 is 10.8 Å². The fraction of sp³-hybridized carbons (Fsp3) is 0.409. The Morgan fingerprint density at radius 2 is 1.67 bits per heavy atom. The minimum Gasteiger partial charge on any atom is -0.399 e. The van der Waals surface area contributed by atoms with Crippen molar-refractivity contribution in [2.45, 2.75) is 58.3 Å². The molecular weight excluding hydrogens is 337 g/mol. The summed E-state index contributed by atoms with van der Waals surface area (Å²) in [6.45, 7) is 10.3. The van der Waals surface area contributed by atoms with E-state index in [9.17, 15) is 4.79 Å². The van der Waals surface area contributed by atoms with Crippen molar-refractivity contribution in [2.24, 2.45) is 0 Å². The van der Waals surface area contributed by atoms with Crippen LogP contribution in [0.1, 0.15) is 60.8 Å². The van der Waals surface area contributed by atoms with Gasteiger partial charge in [0.2, 0.25) is 0 Å². The maximum atomic E-state index is 12.5. The van der Waals surface area contributed by atoms with Gasteiger partial charge in [0.15, 0.2) is 0 Å². The Bertz CT molecular complexity index is 890. The van der Waals surface area contributed by atoms with Gasteiger partial charge in [0.25, 0.3) is 5.91 Å². The van der Waals surface area contributed by atoms with Crippen LogP contribution >= 0.6 is 0 Å². The standard InChI is InChI=1S/C22H26BNO3/c1-14-16(19-13-15-9-6-7-10-17(15)20(25)24-19)11-8-12-18(14)23-26-21(2,3)22(4,5)27-23/h6-12,19H,13H2,1-5H3,(H,24,25). The third-order valence-electron chi connectivity index (χ3n) is 6.29. The molecule has 2 aromatic rings. The first-order chi connectivity index (χ1) is 12.7. The zero-order chi connectivity index (χ0) is 19.4. The number of fused-ring (bicyclic) bond motifs is 1. The third-order valence-corrected chi connectivity index (χ3v) is 6.29. The van der Waals surface area contributed by atoms with Crippen molar-refractivity contribution in [3.8, 4) is 0 Å². The van der Waals surface area contributed by atoms with E-state index in [2.05, 4.69) is 52.1 Å². The molecule has 1 N–H and O–H groups in total. The summed E-state index contributed by atoms with van der Waals surface area (Å²) in [5.41, 5.74) is 4.36. The van der Waals surface area contributed by atoms with E-state index < -0.39 is 7.12 Å². The van der Waals surface area contributed by atoms with Crippen LogP contribution in [-0.4, -0.2) is 24.2 Å². The smallest absolute Gasteiger partial charge is 0.399 e. The maximum absolute atomic E-state index is 12.5. The molecule has 140 valence electrons. The average Bonchev–Trinajstić information content (AvgIpc) is 2.82. The summed E-state index contributed by atoms with van der Waals surface area (Å²) >= 11 is 0. The number of hydrogen-bond acceptors (Lipinski definition) is 3. The van der Waals surface area contributed by atoms with E-state index in [-0.39, 0.29) is 23.2 Å².